The summed E-state index contributed by atoms with van der Waals surface area (Å²) in [5.41, 5.74) is 2.26. The predicted octanol–water partition coefficient (Wildman–Crippen LogP) is 3.74. The minimum Gasteiger partial charge on any atom is -0.494 e. The highest BCUT2D eigenvalue weighted by atomic mass is 32.2. The number of carbonyl (C=O) groups excluding carboxylic acids is 1. The van der Waals surface area contributed by atoms with Gasteiger partial charge in [0.1, 0.15) is 5.75 Å². The van der Waals surface area contributed by atoms with Gasteiger partial charge in [-0.3, -0.25) is 4.79 Å². The third kappa shape index (κ3) is 6.35. The molecule has 0 spiro atoms. The molecule has 0 unspecified atom stereocenters. The number of amides is 1. The van der Waals surface area contributed by atoms with Crippen molar-refractivity contribution in [2.24, 2.45) is 5.14 Å². The average Bonchev–Trinajstić information content (AvgIpc) is 2.59. The fraction of sp³-hybridized carbons (Fsp3) is 0.381. The molecule has 0 aromatic heterocycles. The van der Waals surface area contributed by atoms with Crippen molar-refractivity contribution in [3.63, 3.8) is 0 Å². The summed E-state index contributed by atoms with van der Waals surface area (Å²) in [6.07, 6.45) is 0.805. The van der Waals surface area contributed by atoms with Crippen molar-refractivity contribution in [3.8, 4) is 5.75 Å². The summed E-state index contributed by atoms with van der Waals surface area (Å²) in [6.45, 7) is 8.53. The fourth-order valence-corrected chi connectivity index (χ4v) is 3.49. The van der Waals surface area contributed by atoms with Gasteiger partial charge in [-0.15, -0.1) is 0 Å². The number of primary sulfonamides is 1. The molecule has 2 aromatic rings. The average molecular weight is 405 g/mol. The van der Waals surface area contributed by atoms with Crippen LogP contribution in [0.4, 0.5) is 5.69 Å². The molecule has 0 aliphatic carbocycles. The second-order valence-corrected chi connectivity index (χ2v) is 9.33. The van der Waals surface area contributed by atoms with Crippen molar-refractivity contribution in [1.82, 2.24) is 0 Å². The molecule has 0 saturated carbocycles. The van der Waals surface area contributed by atoms with E-state index in [4.69, 9.17) is 9.88 Å². The van der Waals surface area contributed by atoms with Gasteiger partial charge >= 0.3 is 0 Å². The standard InChI is InChI=1S/C21H28N2O4S/c1-15-7-10-17(14-19(15)28(22,25)26)23-20(24)6-5-13-27-18-11-8-16(9-12-18)21(2,3)4/h7-12,14H,5-6,13H2,1-4H3,(H,23,24)(H2,22,25,26). The van der Waals surface area contributed by atoms with E-state index in [1.807, 2.05) is 24.3 Å². The van der Waals surface area contributed by atoms with E-state index in [9.17, 15) is 13.2 Å². The third-order valence-electron chi connectivity index (χ3n) is 4.32. The van der Waals surface area contributed by atoms with Crippen LogP contribution in [-0.2, 0) is 20.2 Å². The predicted molar refractivity (Wildman–Crippen MR) is 111 cm³/mol. The van der Waals surface area contributed by atoms with Crippen molar-refractivity contribution in [2.75, 3.05) is 11.9 Å². The van der Waals surface area contributed by atoms with Crippen molar-refractivity contribution < 1.29 is 17.9 Å². The summed E-state index contributed by atoms with van der Waals surface area (Å²) in [6, 6.07) is 12.6. The third-order valence-corrected chi connectivity index (χ3v) is 5.37. The van der Waals surface area contributed by atoms with Crippen LogP contribution in [0.1, 0.15) is 44.7 Å². The number of rotatable bonds is 7. The molecule has 6 nitrogen and oxygen atoms in total. The molecule has 0 aliphatic heterocycles. The zero-order chi connectivity index (χ0) is 20.9. The molecule has 0 heterocycles. The Hall–Kier alpha value is -2.38. The smallest absolute Gasteiger partial charge is 0.238 e. The summed E-state index contributed by atoms with van der Waals surface area (Å²) in [4.78, 5) is 12.1. The van der Waals surface area contributed by atoms with E-state index in [0.29, 0.717) is 24.3 Å². The first-order valence-corrected chi connectivity index (χ1v) is 10.7. The van der Waals surface area contributed by atoms with Crippen LogP contribution in [0.25, 0.3) is 0 Å². The number of aryl methyl sites for hydroxylation is 1. The molecule has 0 fully saturated rings. The van der Waals surface area contributed by atoms with Crippen LogP contribution in [0.5, 0.6) is 5.75 Å². The molecule has 7 heteroatoms. The molecule has 0 aliphatic rings. The summed E-state index contributed by atoms with van der Waals surface area (Å²) < 4.78 is 28.8. The maximum atomic E-state index is 12.1. The molecule has 0 atom stereocenters. The van der Waals surface area contributed by atoms with Gasteiger partial charge in [-0.2, -0.15) is 0 Å². The maximum absolute atomic E-state index is 12.1. The van der Waals surface area contributed by atoms with Gasteiger partial charge in [0.2, 0.25) is 15.9 Å². The number of benzene rings is 2. The summed E-state index contributed by atoms with van der Waals surface area (Å²) in [5, 5.41) is 7.88. The van der Waals surface area contributed by atoms with E-state index >= 15 is 0 Å². The van der Waals surface area contributed by atoms with Gasteiger partial charge in [0.05, 0.1) is 11.5 Å². The fourth-order valence-electron chi connectivity index (χ4n) is 2.68. The Kier molecular flexibility index (Phi) is 6.85. The van der Waals surface area contributed by atoms with Crippen LogP contribution >= 0.6 is 0 Å². The Labute approximate surface area is 167 Å². The van der Waals surface area contributed by atoms with Gasteiger partial charge in [0, 0.05) is 12.1 Å². The summed E-state index contributed by atoms with van der Waals surface area (Å²) in [5.74, 6) is 0.556. The zero-order valence-corrected chi connectivity index (χ0v) is 17.6. The van der Waals surface area contributed by atoms with Crippen LogP contribution < -0.4 is 15.2 Å². The van der Waals surface area contributed by atoms with E-state index in [1.165, 1.54) is 11.6 Å². The van der Waals surface area contributed by atoms with Crippen LogP contribution in [0.3, 0.4) is 0 Å². The molecule has 0 radical (unpaired) electrons. The number of nitrogens with one attached hydrogen (secondary N) is 1. The van der Waals surface area contributed by atoms with Crippen LogP contribution in [-0.4, -0.2) is 20.9 Å². The zero-order valence-electron chi connectivity index (χ0n) is 16.8. The second-order valence-electron chi connectivity index (χ2n) is 7.80. The normalized spacial score (nSPS) is 11.9. The van der Waals surface area contributed by atoms with Crippen molar-refractivity contribution in [2.45, 2.75) is 50.8 Å². The monoisotopic (exact) mass is 404 g/mol. The van der Waals surface area contributed by atoms with Crippen LogP contribution in [0.2, 0.25) is 0 Å². The Balaban J connectivity index is 1.82. The molecule has 3 N–H and O–H groups in total. The molecule has 2 aromatic carbocycles. The largest absolute Gasteiger partial charge is 0.494 e. The number of sulfonamides is 1. The van der Waals surface area contributed by atoms with Gasteiger partial charge in [0.15, 0.2) is 0 Å². The molecule has 0 bridgehead atoms. The van der Waals surface area contributed by atoms with Crippen molar-refractivity contribution >= 4 is 21.6 Å². The number of hydrogen-bond acceptors (Lipinski definition) is 4. The highest BCUT2D eigenvalue weighted by molar-refractivity contribution is 7.89. The highest BCUT2D eigenvalue weighted by Crippen LogP contribution is 2.24. The maximum Gasteiger partial charge on any atom is 0.238 e. The van der Waals surface area contributed by atoms with E-state index in [-0.39, 0.29) is 22.6 Å². The van der Waals surface area contributed by atoms with E-state index in [0.717, 1.165) is 5.75 Å². The minimum atomic E-state index is -3.83. The van der Waals surface area contributed by atoms with Crippen molar-refractivity contribution in [1.29, 1.82) is 0 Å². The Morgan fingerprint density at radius 3 is 2.32 bits per heavy atom. The number of ether oxygens (including phenoxy) is 1. The first kappa shape index (κ1) is 21.9. The van der Waals surface area contributed by atoms with Gasteiger partial charge in [-0.05, 0) is 54.2 Å². The lowest BCUT2D eigenvalue weighted by Gasteiger charge is -2.19. The number of hydrogen-bond donors (Lipinski definition) is 2. The van der Waals surface area contributed by atoms with E-state index in [1.54, 1.807) is 19.1 Å². The van der Waals surface area contributed by atoms with Gasteiger partial charge in [0.25, 0.3) is 0 Å². The molecule has 152 valence electrons. The minimum absolute atomic E-state index is 0.00679. The Morgan fingerprint density at radius 2 is 1.75 bits per heavy atom. The topological polar surface area (TPSA) is 98.5 Å². The first-order chi connectivity index (χ1) is 13.0. The molecule has 1 amide bonds. The molecular formula is C21H28N2O4S. The SMILES string of the molecule is Cc1ccc(NC(=O)CCCOc2ccc(C(C)(C)C)cc2)cc1S(N)(=O)=O. The molecular weight excluding hydrogens is 376 g/mol. The molecule has 28 heavy (non-hydrogen) atoms. The number of carbonyl (C=O) groups is 1. The summed E-state index contributed by atoms with van der Waals surface area (Å²) in [7, 11) is -3.83. The van der Waals surface area contributed by atoms with Crippen LogP contribution in [0, 0.1) is 6.92 Å². The van der Waals surface area contributed by atoms with Crippen molar-refractivity contribution in [3.05, 3.63) is 53.6 Å². The van der Waals surface area contributed by atoms with Crippen LogP contribution in [0.15, 0.2) is 47.4 Å². The lowest BCUT2D eigenvalue weighted by molar-refractivity contribution is -0.116. The molecule has 0 saturated heterocycles. The van der Waals surface area contributed by atoms with Gasteiger partial charge in [-0.1, -0.05) is 39.0 Å². The van der Waals surface area contributed by atoms with E-state index in [2.05, 4.69) is 26.1 Å². The quantitative estimate of drug-likeness (QED) is 0.687. The van der Waals surface area contributed by atoms with Gasteiger partial charge < -0.3 is 10.1 Å². The number of anilines is 1. The highest BCUT2D eigenvalue weighted by Gasteiger charge is 2.14. The Bertz CT molecular complexity index is 930. The lowest BCUT2D eigenvalue weighted by Crippen LogP contribution is -2.16. The summed E-state index contributed by atoms with van der Waals surface area (Å²) >= 11 is 0. The number of nitrogens with two attached hydrogens (primary N) is 1. The first-order valence-electron chi connectivity index (χ1n) is 9.13. The lowest BCUT2D eigenvalue weighted by atomic mass is 9.87. The molecule has 2 rings (SSSR count). The second kappa shape index (κ2) is 8.75. The van der Waals surface area contributed by atoms with E-state index < -0.39 is 10.0 Å². The Morgan fingerprint density at radius 1 is 1.11 bits per heavy atom. The van der Waals surface area contributed by atoms with Gasteiger partial charge in [-0.25, -0.2) is 13.6 Å².